The molecule has 0 spiro atoms. The third kappa shape index (κ3) is 1.51. The van der Waals surface area contributed by atoms with Crippen molar-refractivity contribution in [2.45, 2.75) is 26.2 Å². The molecule has 0 aliphatic carbocycles. The molecule has 17 heavy (non-hydrogen) atoms. The number of nitrogens with zero attached hydrogens (tertiary/aromatic N) is 1. The maximum atomic E-state index is 11.6. The normalized spacial score (nSPS) is 27.3. The summed E-state index contributed by atoms with van der Waals surface area (Å²) in [4.78, 5) is 13.9. The monoisotopic (exact) mass is 227 g/mol. The van der Waals surface area contributed by atoms with E-state index in [1.807, 2.05) is 6.08 Å². The molecule has 2 heterocycles. The summed E-state index contributed by atoms with van der Waals surface area (Å²) in [6.45, 7) is 5.30. The minimum Gasteiger partial charge on any atom is -0.344 e. The summed E-state index contributed by atoms with van der Waals surface area (Å²) >= 11 is 0. The van der Waals surface area contributed by atoms with Gasteiger partial charge in [0.2, 0.25) is 0 Å². The lowest BCUT2D eigenvalue weighted by Gasteiger charge is -2.42. The first-order valence-corrected chi connectivity index (χ1v) is 6.29. The number of carbonyl (C=O) groups is 1. The molecule has 0 amide bonds. The van der Waals surface area contributed by atoms with E-state index < -0.39 is 0 Å². The number of fused-ring (bicyclic) bond motifs is 3. The molecular weight excluding hydrogens is 210 g/mol. The van der Waals surface area contributed by atoms with Crippen LogP contribution >= 0.6 is 0 Å². The maximum Gasteiger partial charge on any atom is 0.159 e. The molecule has 0 N–H and O–H groups in total. The number of ketones is 1. The fraction of sp³-hybridized carbons (Fsp3) is 0.400. The van der Waals surface area contributed by atoms with Gasteiger partial charge in [-0.3, -0.25) is 4.79 Å². The average Bonchev–Trinajstić information content (AvgIpc) is 2.36. The van der Waals surface area contributed by atoms with Crippen molar-refractivity contribution in [3.8, 4) is 0 Å². The fourth-order valence-corrected chi connectivity index (χ4v) is 2.95. The van der Waals surface area contributed by atoms with Gasteiger partial charge in [-0.2, -0.15) is 0 Å². The molecule has 88 valence electrons. The van der Waals surface area contributed by atoms with Crippen LogP contribution in [0.5, 0.6) is 0 Å². The van der Waals surface area contributed by atoms with E-state index in [1.165, 1.54) is 16.9 Å². The van der Waals surface area contributed by atoms with Gasteiger partial charge >= 0.3 is 0 Å². The first kappa shape index (κ1) is 10.6. The summed E-state index contributed by atoms with van der Waals surface area (Å²) in [6, 6.07) is 8.56. The van der Waals surface area contributed by atoms with Crippen LogP contribution in [0.4, 0.5) is 5.69 Å². The molecule has 0 bridgehead atoms. The molecule has 2 heteroatoms. The molecule has 1 aromatic carbocycles. The third-order valence-electron chi connectivity index (χ3n) is 4.14. The van der Waals surface area contributed by atoms with Crippen molar-refractivity contribution in [1.29, 1.82) is 0 Å². The second-order valence-electron chi connectivity index (χ2n) is 5.07. The number of hydrogen-bond acceptors (Lipinski definition) is 2. The summed E-state index contributed by atoms with van der Waals surface area (Å²) in [5.74, 6) is 1.18. The van der Waals surface area contributed by atoms with E-state index in [-0.39, 0.29) is 5.78 Å². The lowest BCUT2D eigenvalue weighted by Crippen LogP contribution is -2.38. The SMILES string of the molecule is CC1C2=CC(=O)CCN2c2ccccc2C1C. The Balaban J connectivity index is 2.17. The van der Waals surface area contributed by atoms with Crippen LogP contribution in [0.1, 0.15) is 31.7 Å². The van der Waals surface area contributed by atoms with E-state index in [2.05, 4.69) is 43.0 Å². The Kier molecular flexibility index (Phi) is 2.32. The van der Waals surface area contributed by atoms with Gasteiger partial charge in [-0.05, 0) is 17.5 Å². The Morgan fingerprint density at radius 3 is 2.76 bits per heavy atom. The molecule has 0 saturated heterocycles. The molecule has 0 fully saturated rings. The van der Waals surface area contributed by atoms with Crippen LogP contribution in [0.15, 0.2) is 36.0 Å². The zero-order valence-electron chi connectivity index (χ0n) is 10.3. The van der Waals surface area contributed by atoms with Crippen LogP contribution in [0, 0.1) is 5.92 Å². The van der Waals surface area contributed by atoms with E-state index in [1.54, 1.807) is 0 Å². The number of anilines is 1. The largest absolute Gasteiger partial charge is 0.344 e. The molecule has 0 saturated carbocycles. The average molecular weight is 227 g/mol. The number of carbonyl (C=O) groups excluding carboxylic acids is 1. The minimum absolute atomic E-state index is 0.273. The molecule has 3 rings (SSSR count). The summed E-state index contributed by atoms with van der Waals surface area (Å²) in [6.07, 6.45) is 2.49. The van der Waals surface area contributed by atoms with Gasteiger partial charge in [0.1, 0.15) is 0 Å². The zero-order valence-corrected chi connectivity index (χ0v) is 10.3. The van der Waals surface area contributed by atoms with E-state index in [0.717, 1.165) is 6.54 Å². The van der Waals surface area contributed by atoms with Crippen molar-refractivity contribution in [3.63, 3.8) is 0 Å². The van der Waals surface area contributed by atoms with Crippen molar-refractivity contribution in [3.05, 3.63) is 41.6 Å². The van der Waals surface area contributed by atoms with Crippen LogP contribution in [-0.2, 0) is 4.79 Å². The van der Waals surface area contributed by atoms with Gasteiger partial charge in [-0.15, -0.1) is 0 Å². The first-order valence-electron chi connectivity index (χ1n) is 6.29. The molecular formula is C15H17NO. The molecule has 0 aromatic heterocycles. The fourth-order valence-electron chi connectivity index (χ4n) is 2.95. The molecule has 0 radical (unpaired) electrons. The highest BCUT2D eigenvalue weighted by atomic mass is 16.1. The molecule has 2 aliphatic rings. The third-order valence-corrected chi connectivity index (χ3v) is 4.14. The van der Waals surface area contributed by atoms with Gasteiger partial charge in [0, 0.05) is 36.3 Å². The lowest BCUT2D eigenvalue weighted by molar-refractivity contribution is -0.114. The van der Waals surface area contributed by atoms with Gasteiger partial charge in [0.15, 0.2) is 5.78 Å². The first-order chi connectivity index (χ1) is 8.18. The van der Waals surface area contributed by atoms with Crippen molar-refractivity contribution in [2.75, 3.05) is 11.4 Å². The zero-order chi connectivity index (χ0) is 12.0. The highest BCUT2D eigenvalue weighted by Gasteiger charge is 2.34. The Bertz CT molecular complexity index is 503. The van der Waals surface area contributed by atoms with Crippen LogP contribution in [0.3, 0.4) is 0 Å². The quantitative estimate of drug-likeness (QED) is 0.678. The van der Waals surface area contributed by atoms with Gasteiger partial charge in [0.05, 0.1) is 0 Å². The number of rotatable bonds is 0. The molecule has 2 aliphatic heterocycles. The minimum atomic E-state index is 0.273. The van der Waals surface area contributed by atoms with Gasteiger partial charge in [-0.25, -0.2) is 0 Å². The Labute approximate surface area is 102 Å². The molecule has 2 atom stereocenters. The predicted molar refractivity (Wildman–Crippen MR) is 69.1 cm³/mol. The van der Waals surface area contributed by atoms with Gasteiger partial charge in [0.25, 0.3) is 0 Å². The second kappa shape index (κ2) is 3.73. The number of allylic oxidation sites excluding steroid dienone is 2. The van der Waals surface area contributed by atoms with Crippen molar-refractivity contribution >= 4 is 11.5 Å². The van der Waals surface area contributed by atoms with Crippen LogP contribution < -0.4 is 4.90 Å². The van der Waals surface area contributed by atoms with Crippen LogP contribution in [0.25, 0.3) is 0 Å². The Hall–Kier alpha value is -1.57. The molecule has 2 unspecified atom stereocenters. The second-order valence-corrected chi connectivity index (χ2v) is 5.07. The van der Waals surface area contributed by atoms with Crippen molar-refractivity contribution < 1.29 is 4.79 Å². The summed E-state index contributed by atoms with van der Waals surface area (Å²) in [7, 11) is 0. The summed E-state index contributed by atoms with van der Waals surface area (Å²) < 4.78 is 0. The van der Waals surface area contributed by atoms with Crippen molar-refractivity contribution in [1.82, 2.24) is 0 Å². The Morgan fingerprint density at radius 1 is 1.18 bits per heavy atom. The van der Waals surface area contributed by atoms with E-state index in [9.17, 15) is 4.79 Å². The van der Waals surface area contributed by atoms with Crippen LogP contribution in [0.2, 0.25) is 0 Å². The number of hydrogen-bond donors (Lipinski definition) is 0. The van der Waals surface area contributed by atoms with E-state index >= 15 is 0 Å². The van der Waals surface area contributed by atoms with Crippen molar-refractivity contribution in [2.24, 2.45) is 5.92 Å². The highest BCUT2D eigenvalue weighted by molar-refractivity contribution is 5.93. The Morgan fingerprint density at radius 2 is 1.94 bits per heavy atom. The lowest BCUT2D eigenvalue weighted by atomic mass is 9.80. The summed E-state index contributed by atoms with van der Waals surface area (Å²) in [5, 5.41) is 0. The topological polar surface area (TPSA) is 20.3 Å². The highest BCUT2D eigenvalue weighted by Crippen LogP contribution is 2.44. The number of benzene rings is 1. The summed E-state index contributed by atoms with van der Waals surface area (Å²) in [5.41, 5.74) is 3.90. The maximum absolute atomic E-state index is 11.6. The number of para-hydroxylation sites is 1. The standard InChI is InChI=1S/C15H17NO/c1-10-11(2)15-9-12(17)7-8-16(15)14-6-4-3-5-13(10)14/h3-6,9-11H,7-8H2,1-2H3. The molecule has 1 aromatic rings. The van der Waals surface area contributed by atoms with Gasteiger partial charge in [-0.1, -0.05) is 32.0 Å². The van der Waals surface area contributed by atoms with E-state index in [0.29, 0.717) is 18.3 Å². The predicted octanol–water partition coefficient (Wildman–Crippen LogP) is 3.10. The van der Waals surface area contributed by atoms with E-state index in [4.69, 9.17) is 0 Å². The van der Waals surface area contributed by atoms with Gasteiger partial charge < -0.3 is 4.90 Å². The molecule has 2 nitrogen and oxygen atoms in total. The van der Waals surface area contributed by atoms with Crippen LogP contribution in [-0.4, -0.2) is 12.3 Å². The smallest absolute Gasteiger partial charge is 0.159 e.